The summed E-state index contributed by atoms with van der Waals surface area (Å²) in [5.74, 6) is -0.768. The number of unbranched alkanes of at least 4 members (excludes halogenated alkanes) is 2. The topological polar surface area (TPSA) is 99.3 Å². The molecule has 9 nitrogen and oxygen atoms in total. The van der Waals surface area contributed by atoms with Crippen LogP contribution in [0.1, 0.15) is 50.5 Å². The third-order valence-electron chi connectivity index (χ3n) is 7.77. The highest BCUT2D eigenvalue weighted by atomic mass is 16.5. The molecule has 3 atom stereocenters. The molecule has 1 N–H and O–H groups in total. The molecule has 2 aliphatic heterocycles. The molecule has 0 spiro atoms. The van der Waals surface area contributed by atoms with E-state index in [9.17, 15) is 19.2 Å². The van der Waals surface area contributed by atoms with E-state index in [1.54, 1.807) is 0 Å². The molecule has 3 unspecified atom stereocenters. The number of ether oxygens (including phenoxy) is 1. The Balaban J connectivity index is 1.12. The summed E-state index contributed by atoms with van der Waals surface area (Å²) >= 11 is 0. The van der Waals surface area contributed by atoms with Crippen LogP contribution in [-0.4, -0.2) is 84.4 Å². The smallest absolute Gasteiger partial charge is 0.324 e. The fourth-order valence-electron chi connectivity index (χ4n) is 5.63. The van der Waals surface area contributed by atoms with Crippen molar-refractivity contribution in [2.45, 2.75) is 57.5 Å². The fourth-order valence-corrected chi connectivity index (χ4v) is 5.63. The number of urea groups is 1. The van der Waals surface area contributed by atoms with Gasteiger partial charge in [0.2, 0.25) is 11.8 Å². The first-order valence-electron chi connectivity index (χ1n) is 13.2. The fraction of sp³-hybridized carbons (Fsp3) is 0.630. The maximum absolute atomic E-state index is 12.9. The molecule has 4 rings (SSSR count). The number of nitrogens with zero attached hydrogens (tertiary/aromatic N) is 3. The molecule has 0 bridgehead atoms. The number of piperazine rings is 1. The SMILES string of the molecule is COC(=O)C1CCC2C(=O)N(CCCCCC(=O)N3CCN(Cc4ccccc4)CC3)C(=O)NC2C1. The van der Waals surface area contributed by atoms with E-state index in [1.165, 1.54) is 17.6 Å². The summed E-state index contributed by atoms with van der Waals surface area (Å²) in [6.07, 6.45) is 4.34. The van der Waals surface area contributed by atoms with E-state index in [2.05, 4.69) is 34.5 Å². The second-order valence-corrected chi connectivity index (χ2v) is 10.1. The van der Waals surface area contributed by atoms with Gasteiger partial charge in [0.05, 0.1) is 18.9 Å². The van der Waals surface area contributed by atoms with Crippen molar-refractivity contribution < 1.29 is 23.9 Å². The molecule has 3 fully saturated rings. The number of hydrogen-bond donors (Lipinski definition) is 1. The second-order valence-electron chi connectivity index (χ2n) is 10.1. The van der Waals surface area contributed by atoms with Crippen LogP contribution in [0.3, 0.4) is 0 Å². The number of carbonyl (C=O) groups excluding carboxylic acids is 4. The van der Waals surface area contributed by atoms with Gasteiger partial charge in [0.15, 0.2) is 0 Å². The number of fused-ring (bicyclic) bond motifs is 1. The van der Waals surface area contributed by atoms with Gasteiger partial charge in [-0.2, -0.15) is 0 Å². The predicted octanol–water partition coefficient (Wildman–Crippen LogP) is 2.40. The molecule has 196 valence electrons. The highest BCUT2D eigenvalue weighted by Gasteiger charge is 2.45. The zero-order valence-electron chi connectivity index (χ0n) is 21.2. The van der Waals surface area contributed by atoms with Crippen LogP contribution in [0, 0.1) is 11.8 Å². The molecule has 4 amide bonds. The van der Waals surface area contributed by atoms with Crippen LogP contribution in [0.25, 0.3) is 0 Å². The lowest BCUT2D eigenvalue weighted by atomic mass is 9.76. The Morgan fingerprint density at radius 3 is 2.47 bits per heavy atom. The van der Waals surface area contributed by atoms with Crippen molar-refractivity contribution in [2.75, 3.05) is 39.8 Å². The monoisotopic (exact) mass is 498 g/mol. The van der Waals surface area contributed by atoms with Gasteiger partial charge in [0.25, 0.3) is 0 Å². The summed E-state index contributed by atoms with van der Waals surface area (Å²) in [4.78, 5) is 55.6. The Labute approximate surface area is 213 Å². The largest absolute Gasteiger partial charge is 0.469 e. The number of carbonyl (C=O) groups is 4. The normalized spacial score (nSPS) is 24.8. The minimum absolute atomic E-state index is 0.142. The Bertz CT molecular complexity index is 931. The number of rotatable bonds is 9. The van der Waals surface area contributed by atoms with Gasteiger partial charge in [-0.05, 0) is 37.7 Å². The zero-order valence-corrected chi connectivity index (χ0v) is 21.2. The average Bonchev–Trinajstić information content (AvgIpc) is 2.90. The average molecular weight is 499 g/mol. The molecule has 1 aromatic carbocycles. The van der Waals surface area contributed by atoms with Crippen molar-refractivity contribution in [3.05, 3.63) is 35.9 Å². The quantitative estimate of drug-likeness (QED) is 0.415. The summed E-state index contributed by atoms with van der Waals surface area (Å²) in [7, 11) is 1.36. The molecule has 1 saturated carbocycles. The predicted molar refractivity (Wildman–Crippen MR) is 134 cm³/mol. The van der Waals surface area contributed by atoms with Crippen molar-refractivity contribution in [3.63, 3.8) is 0 Å². The molecule has 0 aromatic heterocycles. The van der Waals surface area contributed by atoms with Gasteiger partial charge < -0.3 is 15.0 Å². The van der Waals surface area contributed by atoms with Gasteiger partial charge in [-0.1, -0.05) is 36.8 Å². The maximum Gasteiger partial charge on any atom is 0.324 e. The third kappa shape index (κ3) is 6.43. The number of hydrogen-bond acceptors (Lipinski definition) is 6. The lowest BCUT2D eigenvalue weighted by Gasteiger charge is -2.41. The van der Waals surface area contributed by atoms with Crippen LogP contribution in [0.4, 0.5) is 4.79 Å². The van der Waals surface area contributed by atoms with Gasteiger partial charge in [0, 0.05) is 51.7 Å². The first-order chi connectivity index (χ1) is 17.5. The number of nitrogens with one attached hydrogen (secondary N) is 1. The molecular weight excluding hydrogens is 460 g/mol. The van der Waals surface area contributed by atoms with Crippen molar-refractivity contribution in [1.82, 2.24) is 20.0 Å². The molecule has 3 aliphatic rings. The highest BCUT2D eigenvalue weighted by molar-refractivity contribution is 5.98. The molecule has 2 heterocycles. The Kier molecular flexibility index (Phi) is 8.96. The van der Waals surface area contributed by atoms with Crippen LogP contribution in [0.15, 0.2) is 30.3 Å². The summed E-state index contributed by atoms with van der Waals surface area (Å²) in [6, 6.07) is 9.71. The van der Waals surface area contributed by atoms with Gasteiger partial charge in [-0.25, -0.2) is 4.79 Å². The van der Waals surface area contributed by atoms with Crippen LogP contribution >= 0.6 is 0 Å². The molecule has 0 radical (unpaired) electrons. The molecule has 2 saturated heterocycles. The van der Waals surface area contributed by atoms with Crippen molar-refractivity contribution in [1.29, 1.82) is 0 Å². The lowest BCUT2D eigenvalue weighted by Crippen LogP contribution is -2.61. The first-order valence-corrected chi connectivity index (χ1v) is 13.2. The van der Waals surface area contributed by atoms with E-state index in [0.717, 1.165) is 45.6 Å². The van der Waals surface area contributed by atoms with Crippen molar-refractivity contribution >= 4 is 23.8 Å². The van der Waals surface area contributed by atoms with Gasteiger partial charge >= 0.3 is 12.0 Å². The highest BCUT2D eigenvalue weighted by Crippen LogP contribution is 2.33. The minimum atomic E-state index is -0.379. The lowest BCUT2D eigenvalue weighted by molar-refractivity contribution is -0.149. The number of methoxy groups -OCH3 is 1. The van der Waals surface area contributed by atoms with E-state index >= 15 is 0 Å². The molecule has 1 aliphatic carbocycles. The minimum Gasteiger partial charge on any atom is -0.469 e. The summed E-state index contributed by atoms with van der Waals surface area (Å²) in [5.41, 5.74) is 1.29. The Morgan fingerprint density at radius 1 is 1.00 bits per heavy atom. The molecular formula is C27H38N4O5. The number of amides is 4. The summed E-state index contributed by atoms with van der Waals surface area (Å²) in [5, 5.41) is 2.92. The standard InChI is InChI=1S/C27H38N4O5/c1-36-26(34)21-11-12-22-23(18-21)28-27(35)31(25(22)33)13-7-3-6-10-24(32)30-16-14-29(15-17-30)19-20-8-4-2-5-9-20/h2,4-5,8-9,21-23H,3,6-7,10-19H2,1H3,(H,28,35). The Morgan fingerprint density at radius 2 is 1.75 bits per heavy atom. The number of esters is 1. The molecule has 9 heteroatoms. The van der Waals surface area contributed by atoms with Crippen LogP contribution in [0.2, 0.25) is 0 Å². The van der Waals surface area contributed by atoms with E-state index in [1.807, 2.05) is 11.0 Å². The van der Waals surface area contributed by atoms with E-state index in [-0.39, 0.29) is 41.7 Å². The van der Waals surface area contributed by atoms with Gasteiger partial charge in [-0.3, -0.25) is 24.2 Å². The van der Waals surface area contributed by atoms with Crippen LogP contribution in [0.5, 0.6) is 0 Å². The van der Waals surface area contributed by atoms with E-state index in [0.29, 0.717) is 38.6 Å². The van der Waals surface area contributed by atoms with Gasteiger partial charge in [0.1, 0.15) is 0 Å². The van der Waals surface area contributed by atoms with Crippen LogP contribution < -0.4 is 5.32 Å². The molecule has 1 aromatic rings. The van der Waals surface area contributed by atoms with E-state index in [4.69, 9.17) is 4.74 Å². The van der Waals surface area contributed by atoms with Crippen molar-refractivity contribution in [3.8, 4) is 0 Å². The first kappa shape index (κ1) is 26.1. The number of imide groups is 1. The summed E-state index contributed by atoms with van der Waals surface area (Å²) in [6.45, 7) is 4.56. The maximum atomic E-state index is 12.9. The molecule has 36 heavy (non-hydrogen) atoms. The number of benzene rings is 1. The summed E-state index contributed by atoms with van der Waals surface area (Å²) < 4.78 is 4.83. The van der Waals surface area contributed by atoms with Gasteiger partial charge in [-0.15, -0.1) is 0 Å². The third-order valence-corrected chi connectivity index (χ3v) is 7.77. The Hall–Kier alpha value is -2.94. The van der Waals surface area contributed by atoms with Crippen LogP contribution in [-0.2, 0) is 25.7 Å². The van der Waals surface area contributed by atoms with E-state index < -0.39 is 0 Å². The second kappa shape index (κ2) is 12.3. The zero-order chi connectivity index (χ0) is 25.5. The van der Waals surface area contributed by atoms with Crippen molar-refractivity contribution in [2.24, 2.45) is 11.8 Å².